The number of hydrogen-bond acceptors (Lipinski definition) is 6. The third kappa shape index (κ3) is 8.66. The Kier molecular flexibility index (Phi) is 11.1. The molecule has 8 nitrogen and oxygen atoms in total. The molecular weight excluding hydrogens is 649 g/mol. The van der Waals surface area contributed by atoms with Gasteiger partial charge in [0.25, 0.3) is 0 Å². The largest absolute Gasteiger partial charge is 0.389 e. The molecule has 0 saturated carbocycles. The third-order valence-electron chi connectivity index (χ3n) is 11.7. The van der Waals surface area contributed by atoms with Crippen molar-refractivity contribution in [3.8, 4) is 22.4 Å². The molecule has 1 aliphatic rings. The molecule has 2 heterocycles. The number of aliphatic hydroxyl groups is 2. The standard InChI is InChI=1S/C44H62N4O4/c1-39(2,3)32(24-35(49)41(7,8)43(11,12)51)37-46-26-34(47-37)30-21-19-28(20-22-30)27-15-17-29(18-16-27)31-23-33(45-25-31)36(40(4,5)6)48-38(50)42(9,10)44(13,14)52/h15-22,25-26,32,36,51-52H,23-24H2,1-14H3,(H,46,47)(H,48,50)/t32-,36-/m1/s1. The van der Waals surface area contributed by atoms with E-state index in [4.69, 9.17) is 9.98 Å². The van der Waals surface area contributed by atoms with Crippen LogP contribution < -0.4 is 5.32 Å². The number of hydrogen-bond donors (Lipinski definition) is 4. The second kappa shape index (κ2) is 14.2. The fourth-order valence-corrected chi connectivity index (χ4v) is 6.16. The van der Waals surface area contributed by atoms with Crippen molar-refractivity contribution < 1.29 is 19.8 Å². The molecule has 282 valence electrons. The minimum Gasteiger partial charge on any atom is -0.389 e. The van der Waals surface area contributed by atoms with Crippen LogP contribution in [0.5, 0.6) is 0 Å². The summed E-state index contributed by atoms with van der Waals surface area (Å²) < 4.78 is 0. The highest BCUT2D eigenvalue weighted by Crippen LogP contribution is 2.42. The van der Waals surface area contributed by atoms with Crippen molar-refractivity contribution in [2.24, 2.45) is 26.7 Å². The van der Waals surface area contributed by atoms with Gasteiger partial charge in [0.1, 0.15) is 11.6 Å². The Morgan fingerprint density at radius 2 is 1.19 bits per heavy atom. The Labute approximate surface area is 311 Å². The van der Waals surface area contributed by atoms with Crippen LogP contribution in [-0.4, -0.2) is 54.8 Å². The van der Waals surface area contributed by atoms with Crippen LogP contribution in [0.25, 0.3) is 28.0 Å². The van der Waals surface area contributed by atoms with E-state index in [1.165, 1.54) is 0 Å². The Hall–Kier alpha value is -3.88. The minimum absolute atomic E-state index is 0.00981. The third-order valence-corrected chi connectivity index (χ3v) is 11.7. The second-order valence-corrected chi connectivity index (χ2v) is 19.0. The number of nitrogens with one attached hydrogen (secondary N) is 2. The van der Waals surface area contributed by atoms with E-state index in [1.807, 2.05) is 26.2 Å². The zero-order valence-corrected chi connectivity index (χ0v) is 33.9. The minimum atomic E-state index is -1.18. The van der Waals surface area contributed by atoms with Gasteiger partial charge in [0.05, 0.1) is 40.0 Å². The lowest BCUT2D eigenvalue weighted by Crippen LogP contribution is -2.57. The average molecular weight is 711 g/mol. The van der Waals surface area contributed by atoms with E-state index in [0.29, 0.717) is 6.42 Å². The molecule has 0 radical (unpaired) electrons. The first-order valence-corrected chi connectivity index (χ1v) is 18.5. The topological polar surface area (TPSA) is 128 Å². The van der Waals surface area contributed by atoms with Gasteiger partial charge < -0.3 is 20.5 Å². The summed E-state index contributed by atoms with van der Waals surface area (Å²) in [5.41, 5.74) is 2.46. The number of aromatic nitrogens is 2. The van der Waals surface area contributed by atoms with Gasteiger partial charge in [-0.2, -0.15) is 0 Å². The molecule has 1 amide bonds. The number of Topliss-reactive ketones (excluding diaryl/α,β-unsaturated/α-hetero) is 1. The molecule has 0 aliphatic carbocycles. The van der Waals surface area contributed by atoms with Crippen LogP contribution in [0.15, 0.2) is 65.9 Å². The zero-order chi connectivity index (χ0) is 39.2. The van der Waals surface area contributed by atoms with Crippen molar-refractivity contribution in [1.29, 1.82) is 0 Å². The maximum Gasteiger partial charge on any atom is 0.229 e. The first-order valence-electron chi connectivity index (χ1n) is 18.5. The monoisotopic (exact) mass is 710 g/mol. The van der Waals surface area contributed by atoms with Gasteiger partial charge in [-0.15, -0.1) is 0 Å². The van der Waals surface area contributed by atoms with E-state index >= 15 is 0 Å². The summed E-state index contributed by atoms with van der Waals surface area (Å²) in [7, 11) is 0. The zero-order valence-electron chi connectivity index (χ0n) is 33.9. The van der Waals surface area contributed by atoms with Crippen molar-refractivity contribution in [2.45, 2.75) is 133 Å². The number of nitrogens with zero attached hydrogens (tertiary/aromatic N) is 2. The Morgan fingerprint density at radius 3 is 1.65 bits per heavy atom. The number of allylic oxidation sites excluding steroid dienone is 1. The molecule has 0 bridgehead atoms. The molecule has 0 unspecified atom stereocenters. The number of aromatic amines is 1. The number of benzene rings is 2. The highest BCUT2D eigenvalue weighted by Gasteiger charge is 2.45. The molecule has 0 fully saturated rings. The van der Waals surface area contributed by atoms with E-state index in [2.05, 4.69) is 100 Å². The van der Waals surface area contributed by atoms with Gasteiger partial charge in [-0.1, -0.05) is 104 Å². The van der Waals surface area contributed by atoms with Crippen LogP contribution in [0.3, 0.4) is 0 Å². The van der Waals surface area contributed by atoms with Crippen LogP contribution in [0, 0.1) is 21.7 Å². The molecule has 8 heteroatoms. The smallest absolute Gasteiger partial charge is 0.229 e. The number of H-pyrrole nitrogens is 1. The van der Waals surface area contributed by atoms with Crippen LogP contribution in [0.2, 0.25) is 0 Å². The molecule has 2 aromatic carbocycles. The number of imidazole rings is 1. The lowest BCUT2D eigenvalue weighted by molar-refractivity contribution is -0.143. The summed E-state index contributed by atoms with van der Waals surface area (Å²) in [6.07, 6.45) is 4.64. The van der Waals surface area contributed by atoms with Crippen LogP contribution in [0.1, 0.15) is 127 Å². The maximum absolute atomic E-state index is 13.4. The molecule has 1 aromatic heterocycles. The maximum atomic E-state index is 13.4. The summed E-state index contributed by atoms with van der Waals surface area (Å²) in [5, 5.41) is 24.5. The van der Waals surface area contributed by atoms with Crippen molar-refractivity contribution in [3.63, 3.8) is 0 Å². The highest BCUT2D eigenvalue weighted by atomic mass is 16.3. The van der Waals surface area contributed by atoms with Crippen LogP contribution >= 0.6 is 0 Å². The number of carbonyl (C=O) groups excluding carboxylic acids is 2. The van der Waals surface area contributed by atoms with Gasteiger partial charge in [-0.3, -0.25) is 14.6 Å². The first kappa shape index (κ1) is 40.9. The molecule has 2 atom stereocenters. The van der Waals surface area contributed by atoms with E-state index in [-0.39, 0.29) is 40.9 Å². The summed E-state index contributed by atoms with van der Waals surface area (Å²) in [5.74, 6) is 0.432. The van der Waals surface area contributed by atoms with E-state index in [1.54, 1.807) is 41.5 Å². The summed E-state index contributed by atoms with van der Waals surface area (Å²) >= 11 is 0. The van der Waals surface area contributed by atoms with E-state index in [0.717, 1.165) is 45.1 Å². The highest BCUT2D eigenvalue weighted by molar-refractivity contribution is 6.04. The number of amides is 1. The quantitative estimate of drug-likeness (QED) is 0.149. The van der Waals surface area contributed by atoms with Crippen molar-refractivity contribution in [3.05, 3.63) is 72.3 Å². The molecule has 4 N–H and O–H groups in total. The molecule has 1 aliphatic heterocycles. The normalized spacial score (nSPS) is 15.9. The summed E-state index contributed by atoms with van der Waals surface area (Å²) in [6, 6.07) is 16.5. The molecule has 52 heavy (non-hydrogen) atoms. The molecule has 3 aromatic rings. The Morgan fingerprint density at radius 1 is 0.712 bits per heavy atom. The average Bonchev–Trinajstić information content (AvgIpc) is 3.71. The van der Waals surface area contributed by atoms with Crippen molar-refractivity contribution >= 4 is 23.0 Å². The summed E-state index contributed by atoms with van der Waals surface area (Å²) in [4.78, 5) is 39.8. The van der Waals surface area contributed by atoms with Gasteiger partial charge in [0, 0.05) is 30.7 Å². The number of ketones is 1. The SMILES string of the molecule is CC(C)(C)[C@H](NC(=O)C(C)(C)C(C)(C)O)C1=NC=C(c2ccc(-c3ccc(-c4cnc([C@@H](CC(=O)C(C)(C)C(C)(C)O)C(C)(C)C)[nH]4)cc3)cc2)C1. The number of aliphatic imine (C=N–C) groups is 1. The Bertz CT molecular complexity index is 1810. The van der Waals surface area contributed by atoms with Gasteiger partial charge in [-0.25, -0.2) is 4.98 Å². The number of carbonyl (C=O) groups is 2. The van der Waals surface area contributed by atoms with Crippen molar-refractivity contribution in [1.82, 2.24) is 15.3 Å². The molecule has 0 spiro atoms. The summed E-state index contributed by atoms with van der Waals surface area (Å²) in [6.45, 7) is 26.5. The number of rotatable bonds is 12. The fourth-order valence-electron chi connectivity index (χ4n) is 6.16. The Balaban J connectivity index is 1.46. The van der Waals surface area contributed by atoms with Crippen molar-refractivity contribution in [2.75, 3.05) is 0 Å². The van der Waals surface area contributed by atoms with Crippen LogP contribution in [-0.2, 0) is 9.59 Å². The molecule has 4 rings (SSSR count). The van der Waals surface area contributed by atoms with Gasteiger partial charge in [0.15, 0.2) is 0 Å². The molecular formula is C44H62N4O4. The second-order valence-electron chi connectivity index (χ2n) is 19.0. The molecule has 0 saturated heterocycles. The fraction of sp³-hybridized carbons (Fsp3) is 0.545. The van der Waals surface area contributed by atoms with Gasteiger partial charge in [-0.05, 0) is 80.2 Å². The lowest BCUT2D eigenvalue weighted by atomic mass is 9.68. The predicted octanol–water partition coefficient (Wildman–Crippen LogP) is 9.14. The first-order chi connectivity index (χ1) is 23.6. The van der Waals surface area contributed by atoms with E-state index in [9.17, 15) is 19.8 Å². The van der Waals surface area contributed by atoms with Gasteiger partial charge >= 0.3 is 0 Å². The predicted molar refractivity (Wildman–Crippen MR) is 213 cm³/mol. The lowest BCUT2D eigenvalue weighted by Gasteiger charge is -2.39. The van der Waals surface area contributed by atoms with Gasteiger partial charge in [0.2, 0.25) is 5.91 Å². The van der Waals surface area contributed by atoms with E-state index < -0.39 is 22.0 Å². The van der Waals surface area contributed by atoms with Crippen LogP contribution in [0.4, 0.5) is 0 Å².